The van der Waals surface area contributed by atoms with E-state index in [1.807, 2.05) is 13.0 Å². The van der Waals surface area contributed by atoms with Crippen LogP contribution in [0.2, 0.25) is 0 Å². The van der Waals surface area contributed by atoms with Crippen LogP contribution >= 0.6 is 0 Å². The fourth-order valence-electron chi connectivity index (χ4n) is 2.47. The van der Waals surface area contributed by atoms with E-state index in [0.717, 1.165) is 50.3 Å². The van der Waals surface area contributed by atoms with Crippen LogP contribution in [0.25, 0.3) is 0 Å². The van der Waals surface area contributed by atoms with Gasteiger partial charge in [-0.1, -0.05) is 0 Å². The van der Waals surface area contributed by atoms with Crippen LogP contribution in [0.1, 0.15) is 6.92 Å². The lowest BCUT2D eigenvalue weighted by molar-refractivity contribution is 0.612. The molecule has 0 unspecified atom stereocenters. The van der Waals surface area contributed by atoms with Crippen molar-refractivity contribution in [2.45, 2.75) is 6.92 Å². The van der Waals surface area contributed by atoms with Crippen LogP contribution in [-0.4, -0.2) is 47.7 Å². The summed E-state index contributed by atoms with van der Waals surface area (Å²) in [7, 11) is 0. The van der Waals surface area contributed by atoms with Crippen molar-refractivity contribution in [3.8, 4) is 0 Å². The fourth-order valence-corrected chi connectivity index (χ4v) is 2.47. The molecule has 3 rings (SSSR count). The Bertz CT molecular complexity index is 610. The third-order valence-corrected chi connectivity index (χ3v) is 3.60. The van der Waals surface area contributed by atoms with Gasteiger partial charge in [0, 0.05) is 38.9 Å². The molecular formula is C15H19FN6. The minimum Gasteiger partial charge on any atom is -0.370 e. The monoisotopic (exact) mass is 302 g/mol. The third-order valence-electron chi connectivity index (χ3n) is 3.60. The molecule has 2 aromatic heterocycles. The first-order valence-electron chi connectivity index (χ1n) is 7.44. The van der Waals surface area contributed by atoms with Gasteiger partial charge in [-0.15, -0.1) is 0 Å². The number of halogens is 1. The lowest BCUT2D eigenvalue weighted by atomic mass is 10.3. The Balaban J connectivity index is 1.64. The molecule has 7 heteroatoms. The fraction of sp³-hybridized carbons (Fsp3) is 0.400. The van der Waals surface area contributed by atoms with E-state index in [4.69, 9.17) is 0 Å². The van der Waals surface area contributed by atoms with Crippen molar-refractivity contribution in [1.82, 2.24) is 15.0 Å². The van der Waals surface area contributed by atoms with Crippen molar-refractivity contribution in [1.29, 1.82) is 0 Å². The van der Waals surface area contributed by atoms with Gasteiger partial charge in [-0.25, -0.2) is 14.4 Å². The molecule has 0 atom stereocenters. The molecule has 0 bridgehead atoms. The molecule has 1 saturated heterocycles. The molecule has 0 spiro atoms. The van der Waals surface area contributed by atoms with Crippen LogP contribution in [0.4, 0.5) is 22.0 Å². The van der Waals surface area contributed by atoms with Crippen LogP contribution in [0.5, 0.6) is 0 Å². The van der Waals surface area contributed by atoms with E-state index in [0.29, 0.717) is 0 Å². The summed E-state index contributed by atoms with van der Waals surface area (Å²) in [6, 6.07) is 5.02. The van der Waals surface area contributed by atoms with Crippen LogP contribution in [-0.2, 0) is 0 Å². The summed E-state index contributed by atoms with van der Waals surface area (Å²) in [5.41, 5.74) is 0. The van der Waals surface area contributed by atoms with Gasteiger partial charge in [0.1, 0.15) is 17.5 Å². The van der Waals surface area contributed by atoms with Crippen molar-refractivity contribution in [2.75, 3.05) is 47.8 Å². The Kier molecular flexibility index (Phi) is 4.32. The predicted molar refractivity (Wildman–Crippen MR) is 84.8 cm³/mol. The van der Waals surface area contributed by atoms with Gasteiger partial charge < -0.3 is 15.1 Å². The number of nitrogens with one attached hydrogen (secondary N) is 1. The SMILES string of the molecule is CCNc1ccnc(N2CCN(c3ccc(F)cn3)CC2)n1. The summed E-state index contributed by atoms with van der Waals surface area (Å²) in [4.78, 5) is 17.3. The number of pyridine rings is 1. The zero-order valence-corrected chi connectivity index (χ0v) is 12.5. The summed E-state index contributed by atoms with van der Waals surface area (Å²) >= 11 is 0. The molecule has 0 radical (unpaired) electrons. The Morgan fingerprint density at radius 1 is 1.09 bits per heavy atom. The van der Waals surface area contributed by atoms with Gasteiger partial charge in [0.25, 0.3) is 0 Å². The van der Waals surface area contributed by atoms with Crippen LogP contribution in [0, 0.1) is 5.82 Å². The molecule has 1 N–H and O–H groups in total. The molecule has 0 amide bonds. The largest absolute Gasteiger partial charge is 0.370 e. The summed E-state index contributed by atoms with van der Waals surface area (Å²) in [5, 5.41) is 3.19. The maximum atomic E-state index is 12.9. The van der Waals surface area contributed by atoms with Gasteiger partial charge >= 0.3 is 0 Å². The minimum absolute atomic E-state index is 0.309. The normalized spacial score (nSPS) is 15.0. The first-order chi connectivity index (χ1) is 10.8. The van der Waals surface area contributed by atoms with E-state index in [-0.39, 0.29) is 5.82 Å². The molecule has 0 aliphatic carbocycles. The standard InChI is InChI=1S/C15H19FN6/c1-2-17-13-5-6-18-15(20-13)22-9-7-21(8-10-22)14-4-3-12(16)11-19-14/h3-6,11H,2,7-10H2,1H3,(H,17,18,20). The van der Waals surface area contributed by atoms with E-state index < -0.39 is 0 Å². The van der Waals surface area contributed by atoms with Crippen molar-refractivity contribution in [3.63, 3.8) is 0 Å². The lowest BCUT2D eigenvalue weighted by Crippen LogP contribution is -2.47. The summed E-state index contributed by atoms with van der Waals surface area (Å²) in [6.07, 6.45) is 3.03. The molecule has 0 saturated carbocycles. The molecule has 116 valence electrons. The number of anilines is 3. The van der Waals surface area contributed by atoms with Crippen molar-refractivity contribution in [2.24, 2.45) is 0 Å². The topological polar surface area (TPSA) is 57.2 Å². The number of nitrogens with zero attached hydrogens (tertiary/aromatic N) is 5. The molecule has 1 aliphatic rings. The summed E-state index contributed by atoms with van der Waals surface area (Å²) < 4.78 is 12.9. The molecule has 3 heterocycles. The van der Waals surface area contributed by atoms with E-state index in [9.17, 15) is 4.39 Å². The predicted octanol–water partition coefficient (Wildman–Crippen LogP) is 1.77. The number of piperazine rings is 1. The van der Waals surface area contributed by atoms with Gasteiger partial charge in [-0.05, 0) is 25.1 Å². The van der Waals surface area contributed by atoms with Crippen LogP contribution in [0.15, 0.2) is 30.6 Å². The van der Waals surface area contributed by atoms with Gasteiger partial charge in [0.2, 0.25) is 5.95 Å². The van der Waals surface area contributed by atoms with Gasteiger partial charge in [-0.2, -0.15) is 4.98 Å². The number of rotatable bonds is 4. The molecule has 2 aromatic rings. The molecule has 0 aromatic carbocycles. The summed E-state index contributed by atoms with van der Waals surface area (Å²) in [6.45, 7) is 6.13. The van der Waals surface area contributed by atoms with E-state index >= 15 is 0 Å². The highest BCUT2D eigenvalue weighted by Crippen LogP contribution is 2.17. The molecule has 1 aliphatic heterocycles. The Morgan fingerprint density at radius 2 is 1.86 bits per heavy atom. The molecule has 22 heavy (non-hydrogen) atoms. The summed E-state index contributed by atoms with van der Waals surface area (Å²) in [5.74, 6) is 2.08. The average Bonchev–Trinajstić information content (AvgIpc) is 2.56. The van der Waals surface area contributed by atoms with Crippen LogP contribution in [0.3, 0.4) is 0 Å². The van der Waals surface area contributed by atoms with Crippen molar-refractivity contribution < 1.29 is 4.39 Å². The Labute approximate surface area is 129 Å². The third kappa shape index (κ3) is 3.24. The lowest BCUT2D eigenvalue weighted by Gasteiger charge is -2.35. The second-order valence-electron chi connectivity index (χ2n) is 5.08. The quantitative estimate of drug-likeness (QED) is 0.929. The number of aromatic nitrogens is 3. The maximum Gasteiger partial charge on any atom is 0.227 e. The van der Waals surface area contributed by atoms with Gasteiger partial charge in [0.15, 0.2) is 0 Å². The highest BCUT2D eigenvalue weighted by molar-refractivity contribution is 5.44. The van der Waals surface area contributed by atoms with Crippen molar-refractivity contribution >= 4 is 17.6 Å². The molecular weight excluding hydrogens is 283 g/mol. The molecule has 1 fully saturated rings. The van der Waals surface area contributed by atoms with E-state index in [1.165, 1.54) is 12.3 Å². The van der Waals surface area contributed by atoms with Gasteiger partial charge in [-0.3, -0.25) is 0 Å². The van der Waals surface area contributed by atoms with E-state index in [2.05, 4.69) is 30.1 Å². The second-order valence-corrected chi connectivity index (χ2v) is 5.08. The second kappa shape index (κ2) is 6.55. The van der Waals surface area contributed by atoms with Gasteiger partial charge in [0.05, 0.1) is 6.20 Å². The van der Waals surface area contributed by atoms with Crippen molar-refractivity contribution in [3.05, 3.63) is 36.4 Å². The smallest absolute Gasteiger partial charge is 0.227 e. The maximum absolute atomic E-state index is 12.9. The number of hydrogen-bond donors (Lipinski definition) is 1. The molecule has 6 nitrogen and oxygen atoms in total. The Hall–Kier alpha value is -2.44. The highest BCUT2D eigenvalue weighted by Gasteiger charge is 2.20. The first-order valence-corrected chi connectivity index (χ1v) is 7.44. The highest BCUT2D eigenvalue weighted by atomic mass is 19.1. The average molecular weight is 302 g/mol. The Morgan fingerprint density at radius 3 is 2.55 bits per heavy atom. The van der Waals surface area contributed by atoms with E-state index in [1.54, 1.807) is 12.3 Å². The van der Waals surface area contributed by atoms with Crippen LogP contribution < -0.4 is 15.1 Å². The first kappa shape index (κ1) is 14.5. The number of hydrogen-bond acceptors (Lipinski definition) is 6. The zero-order chi connectivity index (χ0) is 15.4. The zero-order valence-electron chi connectivity index (χ0n) is 12.5. The minimum atomic E-state index is -0.309.